The van der Waals surface area contributed by atoms with Crippen LogP contribution in [0, 0.1) is 0 Å². The highest BCUT2D eigenvalue weighted by molar-refractivity contribution is 5.90. The van der Waals surface area contributed by atoms with E-state index in [-0.39, 0.29) is 0 Å². The van der Waals surface area contributed by atoms with E-state index in [2.05, 4.69) is 9.72 Å². The molecule has 5 nitrogen and oxygen atoms in total. The minimum atomic E-state index is -0.425. The summed E-state index contributed by atoms with van der Waals surface area (Å²) >= 11 is 0. The predicted molar refractivity (Wildman–Crippen MR) is 70.8 cm³/mol. The Labute approximate surface area is 111 Å². The number of ether oxygens (including phenoxy) is 2. The third-order valence-corrected chi connectivity index (χ3v) is 2.55. The summed E-state index contributed by atoms with van der Waals surface area (Å²) in [5.74, 6) is 0.0259. The number of rotatable bonds is 4. The summed E-state index contributed by atoms with van der Waals surface area (Å²) in [6, 6.07) is 8.50. The van der Waals surface area contributed by atoms with Gasteiger partial charge in [-0.15, -0.1) is 0 Å². The van der Waals surface area contributed by atoms with Crippen molar-refractivity contribution in [1.29, 1.82) is 0 Å². The molecule has 1 heterocycles. The summed E-state index contributed by atoms with van der Waals surface area (Å²) in [4.78, 5) is 15.4. The highest BCUT2D eigenvalue weighted by Crippen LogP contribution is 2.24. The first-order chi connectivity index (χ1) is 9.20. The number of nitrogens with zero attached hydrogens (tertiary/aromatic N) is 1. The van der Waals surface area contributed by atoms with Crippen molar-refractivity contribution in [2.75, 3.05) is 12.8 Å². The van der Waals surface area contributed by atoms with Gasteiger partial charge in [0.1, 0.15) is 12.4 Å². The molecule has 0 aliphatic heterocycles. The maximum absolute atomic E-state index is 11.4. The van der Waals surface area contributed by atoms with Gasteiger partial charge in [0.15, 0.2) is 0 Å². The van der Waals surface area contributed by atoms with Gasteiger partial charge < -0.3 is 15.2 Å². The molecular formula is C14H14N2O3. The number of benzene rings is 1. The average molecular weight is 258 g/mol. The Bertz CT molecular complexity index is 570. The fourth-order valence-electron chi connectivity index (χ4n) is 1.55. The Morgan fingerprint density at radius 3 is 2.89 bits per heavy atom. The molecule has 0 aliphatic rings. The molecule has 0 amide bonds. The lowest BCUT2D eigenvalue weighted by atomic mass is 10.2. The van der Waals surface area contributed by atoms with Crippen LogP contribution in [0.2, 0.25) is 0 Å². The van der Waals surface area contributed by atoms with Crippen LogP contribution in [0.4, 0.5) is 5.69 Å². The Hall–Kier alpha value is -2.56. The number of carbonyl (C=O) groups is 1. The molecule has 2 rings (SSSR count). The number of hydrogen-bond donors (Lipinski definition) is 1. The number of pyridine rings is 1. The first kappa shape index (κ1) is 12.9. The van der Waals surface area contributed by atoms with Gasteiger partial charge in [-0.05, 0) is 24.3 Å². The van der Waals surface area contributed by atoms with Gasteiger partial charge in [-0.2, -0.15) is 0 Å². The molecule has 0 spiro atoms. The van der Waals surface area contributed by atoms with Crippen LogP contribution in [0.15, 0.2) is 42.7 Å². The summed E-state index contributed by atoms with van der Waals surface area (Å²) in [5.41, 5.74) is 7.59. The first-order valence-electron chi connectivity index (χ1n) is 5.70. The SMILES string of the molecule is COC(=O)c1ccc(N)c(OCc2cccnc2)c1. The van der Waals surface area contributed by atoms with E-state index in [0.29, 0.717) is 23.6 Å². The van der Waals surface area contributed by atoms with E-state index < -0.39 is 5.97 Å². The van der Waals surface area contributed by atoms with Crippen molar-refractivity contribution in [2.45, 2.75) is 6.61 Å². The summed E-state index contributed by atoms with van der Waals surface area (Å²) in [6.45, 7) is 0.336. The standard InChI is InChI=1S/C14H14N2O3/c1-18-14(17)11-4-5-12(15)13(7-11)19-9-10-3-2-6-16-8-10/h2-8H,9,15H2,1H3. The van der Waals surface area contributed by atoms with Crippen LogP contribution in [0.5, 0.6) is 5.75 Å². The van der Waals surface area contributed by atoms with E-state index in [9.17, 15) is 4.79 Å². The lowest BCUT2D eigenvalue weighted by Crippen LogP contribution is -2.04. The zero-order valence-corrected chi connectivity index (χ0v) is 10.5. The van der Waals surface area contributed by atoms with Gasteiger partial charge in [-0.1, -0.05) is 6.07 Å². The third-order valence-electron chi connectivity index (χ3n) is 2.55. The maximum Gasteiger partial charge on any atom is 0.337 e. The predicted octanol–water partition coefficient (Wildman–Crippen LogP) is 2.03. The topological polar surface area (TPSA) is 74.4 Å². The summed E-state index contributed by atoms with van der Waals surface area (Å²) in [6.07, 6.45) is 3.40. The van der Waals surface area contributed by atoms with Crippen molar-refractivity contribution in [3.63, 3.8) is 0 Å². The molecule has 0 saturated heterocycles. The molecule has 0 bridgehead atoms. The smallest absolute Gasteiger partial charge is 0.337 e. The second kappa shape index (κ2) is 5.86. The van der Waals surface area contributed by atoms with Crippen LogP contribution in [0.1, 0.15) is 15.9 Å². The molecule has 1 aromatic carbocycles. The van der Waals surface area contributed by atoms with E-state index in [1.54, 1.807) is 30.6 Å². The zero-order chi connectivity index (χ0) is 13.7. The number of aromatic nitrogens is 1. The number of methoxy groups -OCH3 is 1. The van der Waals surface area contributed by atoms with Crippen molar-refractivity contribution < 1.29 is 14.3 Å². The number of esters is 1. The summed E-state index contributed by atoms with van der Waals surface area (Å²) in [7, 11) is 1.33. The van der Waals surface area contributed by atoms with Crippen molar-refractivity contribution in [1.82, 2.24) is 4.98 Å². The van der Waals surface area contributed by atoms with Crippen molar-refractivity contribution in [3.8, 4) is 5.75 Å². The van der Waals surface area contributed by atoms with E-state index >= 15 is 0 Å². The lowest BCUT2D eigenvalue weighted by Gasteiger charge is -2.10. The van der Waals surface area contributed by atoms with Crippen molar-refractivity contribution in [3.05, 3.63) is 53.9 Å². The molecule has 2 aromatic rings. The minimum absolute atomic E-state index is 0.336. The molecule has 19 heavy (non-hydrogen) atoms. The molecule has 0 fully saturated rings. The fourth-order valence-corrected chi connectivity index (χ4v) is 1.55. The molecule has 0 radical (unpaired) electrons. The van der Waals surface area contributed by atoms with Crippen LogP contribution in [0.3, 0.4) is 0 Å². The Morgan fingerprint density at radius 1 is 1.37 bits per heavy atom. The largest absolute Gasteiger partial charge is 0.487 e. The summed E-state index contributed by atoms with van der Waals surface area (Å²) in [5, 5.41) is 0. The fraction of sp³-hybridized carbons (Fsp3) is 0.143. The number of hydrogen-bond acceptors (Lipinski definition) is 5. The first-order valence-corrected chi connectivity index (χ1v) is 5.70. The third kappa shape index (κ3) is 3.22. The van der Waals surface area contributed by atoms with Crippen LogP contribution in [-0.2, 0) is 11.3 Å². The van der Waals surface area contributed by atoms with Gasteiger partial charge in [-0.3, -0.25) is 4.98 Å². The molecule has 5 heteroatoms. The number of carbonyl (C=O) groups excluding carboxylic acids is 1. The van der Waals surface area contributed by atoms with Crippen LogP contribution >= 0.6 is 0 Å². The monoisotopic (exact) mass is 258 g/mol. The Morgan fingerprint density at radius 2 is 2.21 bits per heavy atom. The minimum Gasteiger partial charge on any atom is -0.487 e. The molecule has 2 N–H and O–H groups in total. The van der Waals surface area contributed by atoms with E-state index in [1.807, 2.05) is 12.1 Å². The second-order valence-corrected chi connectivity index (χ2v) is 3.89. The summed E-state index contributed by atoms with van der Waals surface area (Å²) < 4.78 is 10.2. The van der Waals surface area contributed by atoms with E-state index in [0.717, 1.165) is 5.56 Å². The number of nitrogen functional groups attached to an aromatic ring is 1. The van der Waals surface area contributed by atoms with Gasteiger partial charge in [-0.25, -0.2) is 4.79 Å². The van der Waals surface area contributed by atoms with Gasteiger partial charge in [0, 0.05) is 18.0 Å². The molecule has 98 valence electrons. The normalized spacial score (nSPS) is 9.95. The van der Waals surface area contributed by atoms with Gasteiger partial charge in [0.2, 0.25) is 0 Å². The molecule has 0 saturated carbocycles. The average Bonchev–Trinajstić information content (AvgIpc) is 2.46. The molecular weight excluding hydrogens is 244 g/mol. The van der Waals surface area contributed by atoms with Crippen LogP contribution in [-0.4, -0.2) is 18.1 Å². The van der Waals surface area contributed by atoms with Gasteiger partial charge in [0.25, 0.3) is 0 Å². The highest BCUT2D eigenvalue weighted by Gasteiger charge is 2.09. The van der Waals surface area contributed by atoms with Crippen molar-refractivity contribution >= 4 is 11.7 Å². The maximum atomic E-state index is 11.4. The molecule has 1 aromatic heterocycles. The number of anilines is 1. The molecule has 0 aliphatic carbocycles. The van der Waals surface area contributed by atoms with Crippen LogP contribution in [0.25, 0.3) is 0 Å². The van der Waals surface area contributed by atoms with Gasteiger partial charge >= 0.3 is 5.97 Å². The van der Waals surface area contributed by atoms with Gasteiger partial charge in [0.05, 0.1) is 18.4 Å². The quantitative estimate of drug-likeness (QED) is 0.671. The highest BCUT2D eigenvalue weighted by atomic mass is 16.5. The number of nitrogens with two attached hydrogens (primary N) is 1. The zero-order valence-electron chi connectivity index (χ0n) is 10.5. The van der Waals surface area contributed by atoms with E-state index in [1.165, 1.54) is 7.11 Å². The second-order valence-electron chi connectivity index (χ2n) is 3.89. The van der Waals surface area contributed by atoms with E-state index in [4.69, 9.17) is 10.5 Å². The molecule has 0 unspecified atom stereocenters. The van der Waals surface area contributed by atoms with Crippen LogP contribution < -0.4 is 10.5 Å². The van der Waals surface area contributed by atoms with Crippen molar-refractivity contribution in [2.24, 2.45) is 0 Å². The molecule has 0 atom stereocenters. The Kier molecular flexibility index (Phi) is 3.97. The Balaban J connectivity index is 2.13. The lowest BCUT2D eigenvalue weighted by molar-refractivity contribution is 0.0600.